The van der Waals surface area contributed by atoms with Crippen molar-refractivity contribution in [2.24, 2.45) is 12.5 Å². The minimum atomic E-state index is -0.705. The molecule has 3 aromatic heterocycles. The molecular formula is C49H49N9O4. The first-order valence-corrected chi connectivity index (χ1v) is 21.3. The summed E-state index contributed by atoms with van der Waals surface area (Å²) in [5, 5.41) is 13.6. The van der Waals surface area contributed by atoms with E-state index in [0.717, 1.165) is 84.5 Å². The minimum Gasteiger partial charge on any atom is -0.370 e. The van der Waals surface area contributed by atoms with Gasteiger partial charge in [-0.15, -0.1) is 5.10 Å². The zero-order chi connectivity index (χ0) is 42.7. The molecule has 3 saturated heterocycles. The molecule has 0 radical (unpaired) electrons. The number of amides is 3. The third-order valence-corrected chi connectivity index (χ3v) is 12.8. The first-order chi connectivity index (χ1) is 30.0. The summed E-state index contributed by atoms with van der Waals surface area (Å²) in [6.45, 7) is 11.2. The Balaban J connectivity index is 0.732. The summed E-state index contributed by atoms with van der Waals surface area (Å²) < 4.78 is 4.78. The molecule has 6 aromatic rings. The molecule has 1 saturated carbocycles. The van der Waals surface area contributed by atoms with E-state index in [-0.39, 0.29) is 30.0 Å². The summed E-state index contributed by atoms with van der Waals surface area (Å²) in [6, 6.07) is 29.9. The predicted octanol–water partition coefficient (Wildman–Crippen LogP) is 6.61. The average Bonchev–Trinajstić information content (AvgIpc) is 3.91. The quantitative estimate of drug-likeness (QED) is 0.0927. The van der Waals surface area contributed by atoms with Crippen LogP contribution in [0.2, 0.25) is 0 Å². The van der Waals surface area contributed by atoms with E-state index in [2.05, 4.69) is 87.8 Å². The Hall–Kier alpha value is -6.99. The van der Waals surface area contributed by atoms with Gasteiger partial charge in [-0.05, 0) is 115 Å². The van der Waals surface area contributed by atoms with Crippen molar-refractivity contribution in [1.82, 2.24) is 34.3 Å². The van der Waals surface area contributed by atoms with Crippen molar-refractivity contribution in [2.45, 2.75) is 44.7 Å². The van der Waals surface area contributed by atoms with Gasteiger partial charge in [-0.2, -0.15) is 0 Å². The maximum absolute atomic E-state index is 13.2. The van der Waals surface area contributed by atoms with Gasteiger partial charge in [0.2, 0.25) is 11.8 Å². The summed E-state index contributed by atoms with van der Waals surface area (Å²) in [7, 11) is 1.72. The van der Waals surface area contributed by atoms with E-state index in [1.54, 1.807) is 16.1 Å². The Morgan fingerprint density at radius 2 is 1.66 bits per heavy atom. The lowest BCUT2D eigenvalue weighted by atomic mass is 9.72. The smallest absolute Gasteiger partial charge is 0.329 e. The second-order valence-electron chi connectivity index (χ2n) is 17.5. The van der Waals surface area contributed by atoms with Gasteiger partial charge in [0.15, 0.2) is 5.82 Å². The van der Waals surface area contributed by atoms with Gasteiger partial charge in [-0.3, -0.25) is 33.7 Å². The number of likely N-dealkylation sites (tertiary alicyclic amines) is 1. The highest BCUT2D eigenvalue weighted by molar-refractivity contribution is 6.00. The maximum atomic E-state index is 13.2. The summed E-state index contributed by atoms with van der Waals surface area (Å²) in [6.07, 6.45) is 8.87. The number of allylic oxidation sites excluding steroid dienone is 3. The molecular weight excluding hydrogens is 779 g/mol. The molecule has 13 nitrogen and oxygen atoms in total. The van der Waals surface area contributed by atoms with E-state index in [9.17, 15) is 19.2 Å². The van der Waals surface area contributed by atoms with Crippen molar-refractivity contribution in [3.63, 3.8) is 0 Å². The van der Waals surface area contributed by atoms with Gasteiger partial charge in [0.25, 0.3) is 5.91 Å². The number of aromatic nitrogens is 4. The van der Waals surface area contributed by atoms with Gasteiger partial charge in [0, 0.05) is 69.0 Å². The van der Waals surface area contributed by atoms with Crippen molar-refractivity contribution in [3.05, 3.63) is 143 Å². The van der Waals surface area contributed by atoms with Crippen LogP contribution in [0.5, 0.6) is 0 Å². The molecule has 4 aliphatic rings. The van der Waals surface area contributed by atoms with E-state index < -0.39 is 11.9 Å². The zero-order valence-electron chi connectivity index (χ0n) is 34.9. The van der Waals surface area contributed by atoms with Crippen LogP contribution in [0.1, 0.15) is 54.7 Å². The molecule has 62 heavy (non-hydrogen) atoms. The van der Waals surface area contributed by atoms with Gasteiger partial charge in [-0.1, -0.05) is 55.1 Å². The van der Waals surface area contributed by atoms with Gasteiger partial charge in [0.05, 0.1) is 16.6 Å². The fourth-order valence-electron chi connectivity index (χ4n) is 9.27. The van der Waals surface area contributed by atoms with E-state index in [4.69, 9.17) is 5.10 Å². The molecule has 1 unspecified atom stereocenters. The SMILES string of the molecule is C=C/C(=C\C=C(/C)c1cccc(Nc2ccc3ccc(C(=O)NC4CC4)n3n2)c1)CN1CC2(C1)CN(c1ccc(-c3ccc4c(c3)n(C)c(=O)n4C3CCC(=O)NC3=O)cc1)C2. The molecule has 1 atom stereocenters. The van der Waals surface area contributed by atoms with Crippen molar-refractivity contribution in [2.75, 3.05) is 42.9 Å². The lowest BCUT2D eigenvalue weighted by Gasteiger charge is -2.61. The van der Waals surface area contributed by atoms with E-state index in [1.165, 1.54) is 15.8 Å². The van der Waals surface area contributed by atoms with Gasteiger partial charge >= 0.3 is 5.69 Å². The number of rotatable bonds is 12. The lowest BCUT2D eigenvalue weighted by Crippen LogP contribution is -2.72. The summed E-state index contributed by atoms with van der Waals surface area (Å²) in [5.74, 6) is -0.175. The Morgan fingerprint density at radius 3 is 2.42 bits per heavy atom. The van der Waals surface area contributed by atoms with Gasteiger partial charge in [0.1, 0.15) is 11.7 Å². The van der Waals surface area contributed by atoms with Crippen molar-refractivity contribution >= 4 is 57.0 Å². The van der Waals surface area contributed by atoms with E-state index in [0.29, 0.717) is 28.9 Å². The van der Waals surface area contributed by atoms with Crippen molar-refractivity contribution in [3.8, 4) is 11.1 Å². The second-order valence-corrected chi connectivity index (χ2v) is 17.5. The van der Waals surface area contributed by atoms with Gasteiger partial charge in [-0.25, -0.2) is 9.31 Å². The summed E-state index contributed by atoms with van der Waals surface area (Å²) in [4.78, 5) is 55.3. The minimum absolute atomic E-state index is 0.0949. The number of benzene rings is 3. The highest BCUT2D eigenvalue weighted by atomic mass is 16.2. The fraction of sp³-hybridized carbons (Fsp3) is 0.286. The first-order valence-electron chi connectivity index (χ1n) is 21.3. The third-order valence-electron chi connectivity index (χ3n) is 12.8. The van der Waals surface area contributed by atoms with Gasteiger partial charge < -0.3 is 15.5 Å². The third kappa shape index (κ3) is 7.42. The van der Waals surface area contributed by atoms with Crippen LogP contribution in [0.15, 0.2) is 126 Å². The van der Waals surface area contributed by atoms with Crippen LogP contribution >= 0.6 is 0 Å². The molecule has 314 valence electrons. The molecule has 13 heteroatoms. The molecule has 1 aliphatic carbocycles. The van der Waals surface area contributed by atoms with Crippen LogP contribution in [0, 0.1) is 5.41 Å². The highest BCUT2D eigenvalue weighted by Crippen LogP contribution is 2.42. The van der Waals surface area contributed by atoms with Crippen LogP contribution in [-0.4, -0.2) is 80.1 Å². The number of anilines is 3. The Morgan fingerprint density at radius 1 is 0.887 bits per heavy atom. The van der Waals surface area contributed by atoms with Crippen LogP contribution < -0.4 is 26.5 Å². The van der Waals surface area contributed by atoms with E-state index >= 15 is 0 Å². The standard InChI is InChI=1S/C49H49N9O4/c1-4-32(9-8-31(2)34-6-5-7-37(24-34)50-44-22-18-39-17-20-42(58(39)53-44)47(61)51-36-13-14-36)26-55-27-49(28-55)29-56(30-49)38-15-10-33(11-16-38)35-12-19-40-43(25-35)54(3)48(62)57(40)41-21-23-45(59)52-46(41)60/h4-12,15-20,22,24-25,36,41H,1,13-14,21,23,26-30H2,2-3H3,(H,50,53)(H,51,61)(H,52,59,60)/b31-8+,32-9+. The first kappa shape index (κ1) is 39.2. The van der Waals surface area contributed by atoms with Crippen LogP contribution in [0.25, 0.3) is 33.3 Å². The summed E-state index contributed by atoms with van der Waals surface area (Å²) >= 11 is 0. The number of imide groups is 1. The number of piperidine rings is 1. The zero-order valence-corrected chi connectivity index (χ0v) is 34.9. The Labute approximate surface area is 359 Å². The molecule has 3 N–H and O–H groups in total. The largest absolute Gasteiger partial charge is 0.370 e. The predicted molar refractivity (Wildman–Crippen MR) is 242 cm³/mol. The summed E-state index contributed by atoms with van der Waals surface area (Å²) in [5.41, 5.74) is 10.4. The molecule has 0 bridgehead atoms. The highest BCUT2D eigenvalue weighted by Gasteiger charge is 2.51. The average molecular weight is 828 g/mol. The Bertz CT molecular complexity index is 2920. The molecule has 6 heterocycles. The van der Waals surface area contributed by atoms with E-state index in [1.807, 2.05) is 60.7 Å². The normalized spacial score (nSPS) is 19.1. The molecule has 1 spiro atoms. The number of fused-ring (bicyclic) bond motifs is 2. The molecule has 3 aromatic carbocycles. The topological polar surface area (TPSA) is 138 Å². The van der Waals surface area contributed by atoms with Crippen molar-refractivity contribution < 1.29 is 14.4 Å². The number of carbonyl (C=O) groups is 3. The number of hydrogen-bond donors (Lipinski definition) is 3. The number of nitrogens with zero attached hydrogens (tertiary/aromatic N) is 6. The maximum Gasteiger partial charge on any atom is 0.329 e. The van der Waals surface area contributed by atoms with Crippen LogP contribution in [0.3, 0.4) is 0 Å². The monoisotopic (exact) mass is 827 g/mol. The lowest BCUT2D eigenvalue weighted by molar-refractivity contribution is -0.135. The fourth-order valence-corrected chi connectivity index (χ4v) is 9.27. The number of carbonyl (C=O) groups excluding carboxylic acids is 3. The van der Waals surface area contributed by atoms with Crippen molar-refractivity contribution in [1.29, 1.82) is 0 Å². The molecule has 3 amide bonds. The molecule has 10 rings (SSSR count). The number of nitrogens with one attached hydrogen (secondary N) is 3. The Kier molecular flexibility index (Phi) is 9.78. The molecule has 4 fully saturated rings. The number of aryl methyl sites for hydroxylation is 1. The number of imidazole rings is 1. The second kappa shape index (κ2) is 15.5. The number of hydrogen-bond acceptors (Lipinski definition) is 8. The molecule has 3 aliphatic heterocycles. The van der Waals surface area contributed by atoms with Crippen LogP contribution in [-0.2, 0) is 16.6 Å². The van der Waals surface area contributed by atoms with Crippen LogP contribution in [0.4, 0.5) is 17.2 Å².